The third-order valence-corrected chi connectivity index (χ3v) is 5.86. The summed E-state index contributed by atoms with van der Waals surface area (Å²) in [4.78, 5) is 0. The number of hydrogen-bond donors (Lipinski definition) is 1. The Balaban J connectivity index is 0. The highest BCUT2D eigenvalue weighted by Gasteiger charge is 2.11. The highest BCUT2D eigenvalue weighted by molar-refractivity contribution is 8.00. The highest BCUT2D eigenvalue weighted by atomic mass is 32.2. The highest BCUT2D eigenvalue weighted by Crippen LogP contribution is 2.11. The van der Waals surface area contributed by atoms with Gasteiger partial charge < -0.3 is 6.15 Å². The second kappa shape index (κ2) is 6.25. The third kappa shape index (κ3) is 11.3. The van der Waals surface area contributed by atoms with Gasteiger partial charge >= 0.3 is 0 Å². The molecule has 10 heavy (non-hydrogen) atoms. The van der Waals surface area contributed by atoms with Crippen molar-refractivity contribution in [3.8, 4) is 0 Å². The van der Waals surface area contributed by atoms with Crippen molar-refractivity contribution in [2.45, 2.75) is 33.0 Å². The predicted molar refractivity (Wildman–Crippen MR) is 56.0 cm³/mol. The Morgan fingerprint density at radius 3 is 2.00 bits per heavy atom. The molecule has 0 aromatic heterocycles. The SMILES string of the molecule is CCCSC[Si](C)(C)C.N. The van der Waals surface area contributed by atoms with E-state index < -0.39 is 8.07 Å². The van der Waals surface area contributed by atoms with Gasteiger partial charge in [0.1, 0.15) is 0 Å². The summed E-state index contributed by atoms with van der Waals surface area (Å²) in [5.41, 5.74) is 0. The van der Waals surface area contributed by atoms with Gasteiger partial charge in [0.15, 0.2) is 0 Å². The molecule has 0 bridgehead atoms. The van der Waals surface area contributed by atoms with Crippen LogP contribution in [0.2, 0.25) is 19.6 Å². The van der Waals surface area contributed by atoms with Crippen molar-refractivity contribution in [3.63, 3.8) is 0 Å². The first-order valence-electron chi connectivity index (χ1n) is 3.64. The van der Waals surface area contributed by atoms with E-state index in [9.17, 15) is 0 Å². The smallest absolute Gasteiger partial charge is 0.0548 e. The maximum absolute atomic E-state index is 2.43. The van der Waals surface area contributed by atoms with Crippen molar-refractivity contribution < 1.29 is 0 Å². The second-order valence-electron chi connectivity index (χ2n) is 3.61. The quantitative estimate of drug-likeness (QED) is 0.531. The van der Waals surface area contributed by atoms with Crippen LogP contribution in [0.4, 0.5) is 0 Å². The van der Waals surface area contributed by atoms with Gasteiger partial charge in [-0.1, -0.05) is 26.6 Å². The van der Waals surface area contributed by atoms with Gasteiger partial charge in [0, 0.05) is 0 Å². The average Bonchev–Trinajstić information content (AvgIpc) is 1.63. The van der Waals surface area contributed by atoms with E-state index in [0.717, 1.165) is 0 Å². The normalized spacial score (nSPS) is 10.8. The van der Waals surface area contributed by atoms with Crippen LogP contribution >= 0.6 is 11.8 Å². The molecule has 3 N–H and O–H groups in total. The molecule has 0 aliphatic rings. The molecule has 0 saturated carbocycles. The lowest BCUT2D eigenvalue weighted by Crippen LogP contribution is -2.23. The van der Waals surface area contributed by atoms with Gasteiger partial charge in [-0.15, -0.1) is 0 Å². The Kier molecular flexibility index (Phi) is 8.21. The van der Waals surface area contributed by atoms with Crippen molar-refractivity contribution in [2.75, 3.05) is 11.1 Å². The van der Waals surface area contributed by atoms with Crippen molar-refractivity contribution in [3.05, 3.63) is 0 Å². The van der Waals surface area contributed by atoms with E-state index in [0.29, 0.717) is 0 Å². The Hall–Kier alpha value is 0.527. The summed E-state index contributed by atoms with van der Waals surface area (Å²) in [7, 11) is -0.731. The van der Waals surface area contributed by atoms with E-state index in [4.69, 9.17) is 0 Å². The maximum atomic E-state index is 2.43. The van der Waals surface area contributed by atoms with Crippen molar-refractivity contribution in [2.24, 2.45) is 0 Å². The molecule has 0 heterocycles. The molecule has 0 aromatic rings. The van der Waals surface area contributed by atoms with E-state index >= 15 is 0 Å². The summed E-state index contributed by atoms with van der Waals surface area (Å²) in [5, 5.41) is 1.43. The summed E-state index contributed by atoms with van der Waals surface area (Å²) >= 11 is 2.12. The van der Waals surface area contributed by atoms with Crippen molar-refractivity contribution in [1.82, 2.24) is 6.15 Å². The molecule has 1 nitrogen and oxygen atoms in total. The van der Waals surface area contributed by atoms with Crippen LogP contribution in [-0.2, 0) is 0 Å². The minimum atomic E-state index is -0.731. The zero-order valence-corrected chi connectivity index (χ0v) is 9.55. The van der Waals surface area contributed by atoms with Crippen LogP contribution in [-0.4, -0.2) is 19.2 Å². The van der Waals surface area contributed by atoms with Gasteiger partial charge in [-0.3, -0.25) is 0 Å². The molecular formula is C7H21NSSi. The zero-order valence-electron chi connectivity index (χ0n) is 7.74. The number of hydrogen-bond acceptors (Lipinski definition) is 2. The van der Waals surface area contributed by atoms with Crippen LogP contribution in [0.1, 0.15) is 13.3 Å². The van der Waals surface area contributed by atoms with Gasteiger partial charge in [0.05, 0.1) is 8.07 Å². The molecule has 0 aliphatic heterocycles. The summed E-state index contributed by atoms with van der Waals surface area (Å²) in [6, 6.07) is 0. The van der Waals surface area contributed by atoms with Crippen LogP contribution in [0.5, 0.6) is 0 Å². The van der Waals surface area contributed by atoms with Gasteiger partial charge in [-0.2, -0.15) is 11.8 Å². The first-order chi connectivity index (χ1) is 4.06. The van der Waals surface area contributed by atoms with Crippen molar-refractivity contribution >= 4 is 19.8 Å². The third-order valence-electron chi connectivity index (χ3n) is 0.884. The summed E-state index contributed by atoms with van der Waals surface area (Å²) in [6.07, 6.45) is 1.33. The van der Waals surface area contributed by atoms with Crippen LogP contribution in [0.25, 0.3) is 0 Å². The lowest BCUT2D eigenvalue weighted by molar-refractivity contribution is 1.11. The Labute approximate surface area is 70.6 Å². The van der Waals surface area contributed by atoms with Gasteiger partial charge in [0.25, 0.3) is 0 Å². The Morgan fingerprint density at radius 2 is 1.70 bits per heavy atom. The first kappa shape index (κ1) is 13.1. The molecule has 0 unspecified atom stereocenters. The lowest BCUT2D eigenvalue weighted by Gasteiger charge is -2.13. The van der Waals surface area contributed by atoms with E-state index in [1.165, 1.54) is 17.5 Å². The standard InChI is InChI=1S/C7H18SSi.H3N/c1-5-6-8-7-9(2,3)4;/h5-7H2,1-4H3;1H3. The fraction of sp³-hybridized carbons (Fsp3) is 1.00. The molecule has 0 atom stereocenters. The molecule has 0 rings (SSSR count). The molecule has 0 saturated heterocycles. The lowest BCUT2D eigenvalue weighted by atomic mass is 10.6. The fourth-order valence-electron chi connectivity index (χ4n) is 0.523. The van der Waals surface area contributed by atoms with Gasteiger partial charge in [-0.05, 0) is 17.5 Å². The predicted octanol–water partition coefficient (Wildman–Crippen LogP) is 3.17. The summed E-state index contributed by atoms with van der Waals surface area (Å²) in [5.74, 6) is 1.35. The number of thioether (sulfide) groups is 1. The van der Waals surface area contributed by atoms with Crippen LogP contribution in [0.15, 0.2) is 0 Å². The van der Waals surface area contributed by atoms with E-state index in [2.05, 4.69) is 38.3 Å². The topological polar surface area (TPSA) is 35.0 Å². The molecule has 3 heteroatoms. The average molecular weight is 179 g/mol. The molecule has 0 aliphatic carbocycles. The van der Waals surface area contributed by atoms with Crippen LogP contribution < -0.4 is 6.15 Å². The molecule has 0 aromatic carbocycles. The molecular weight excluding hydrogens is 158 g/mol. The van der Waals surface area contributed by atoms with E-state index in [1.807, 2.05) is 0 Å². The van der Waals surface area contributed by atoms with Crippen LogP contribution in [0.3, 0.4) is 0 Å². The molecule has 0 fully saturated rings. The molecule has 64 valence electrons. The minimum absolute atomic E-state index is 0. The maximum Gasteiger partial charge on any atom is 0.0548 e. The minimum Gasteiger partial charge on any atom is -0.344 e. The van der Waals surface area contributed by atoms with Crippen LogP contribution in [0, 0.1) is 0 Å². The molecule has 0 amide bonds. The molecule has 0 radical (unpaired) electrons. The van der Waals surface area contributed by atoms with Gasteiger partial charge in [-0.25, -0.2) is 0 Å². The monoisotopic (exact) mass is 179 g/mol. The molecule has 0 spiro atoms. The van der Waals surface area contributed by atoms with Crippen molar-refractivity contribution in [1.29, 1.82) is 0 Å². The first-order valence-corrected chi connectivity index (χ1v) is 8.50. The fourth-order valence-corrected chi connectivity index (χ4v) is 3.84. The Bertz CT molecular complexity index is 70.5. The zero-order chi connectivity index (χ0) is 7.33. The summed E-state index contributed by atoms with van der Waals surface area (Å²) in [6.45, 7) is 9.53. The largest absolute Gasteiger partial charge is 0.344 e. The number of rotatable bonds is 4. The summed E-state index contributed by atoms with van der Waals surface area (Å²) < 4.78 is 0. The van der Waals surface area contributed by atoms with Gasteiger partial charge in [0.2, 0.25) is 0 Å². The Morgan fingerprint density at radius 1 is 1.20 bits per heavy atom. The second-order valence-corrected chi connectivity index (χ2v) is 10.7. The van der Waals surface area contributed by atoms with E-state index in [1.54, 1.807) is 0 Å². The van der Waals surface area contributed by atoms with E-state index in [-0.39, 0.29) is 6.15 Å².